The molecule has 4 rings (SSSR count). The summed E-state index contributed by atoms with van der Waals surface area (Å²) in [6.07, 6.45) is 6.53. The van der Waals surface area contributed by atoms with Crippen molar-refractivity contribution in [1.82, 2.24) is 19.8 Å². The summed E-state index contributed by atoms with van der Waals surface area (Å²) in [7, 11) is 3.52. The van der Waals surface area contributed by atoms with Gasteiger partial charge in [0.2, 0.25) is 5.91 Å². The second-order valence-corrected chi connectivity index (χ2v) is 7.68. The van der Waals surface area contributed by atoms with Crippen LogP contribution in [-0.2, 0) is 11.8 Å². The van der Waals surface area contributed by atoms with E-state index in [0.717, 1.165) is 30.0 Å². The van der Waals surface area contributed by atoms with Gasteiger partial charge in [0.25, 0.3) is 5.91 Å². The number of methoxy groups -OCH3 is 1. The Morgan fingerprint density at radius 3 is 2.71 bits per heavy atom. The van der Waals surface area contributed by atoms with Crippen molar-refractivity contribution in [2.75, 3.05) is 20.2 Å². The van der Waals surface area contributed by atoms with Crippen LogP contribution in [0.2, 0.25) is 0 Å². The number of carbonyl (C=O) groups excluding carboxylic acids is 2. The van der Waals surface area contributed by atoms with E-state index in [1.165, 1.54) is 6.26 Å². The number of aromatic nitrogens is 2. The van der Waals surface area contributed by atoms with Crippen LogP contribution in [0.25, 0.3) is 0 Å². The lowest BCUT2D eigenvalue weighted by Gasteiger charge is -2.32. The number of hydrogen-bond acceptors (Lipinski definition) is 5. The van der Waals surface area contributed by atoms with Crippen LogP contribution in [0, 0.1) is 5.92 Å². The first-order chi connectivity index (χ1) is 15.1. The number of ether oxygens (including phenoxy) is 1. The number of aryl methyl sites for hydroxylation is 1. The third kappa shape index (κ3) is 4.47. The summed E-state index contributed by atoms with van der Waals surface area (Å²) in [6.45, 7) is 0.978. The smallest absolute Gasteiger partial charge is 0.289 e. The van der Waals surface area contributed by atoms with Crippen molar-refractivity contribution in [1.29, 1.82) is 0 Å². The topological polar surface area (TPSA) is 89.6 Å². The minimum atomic E-state index is -0.408. The molecule has 0 unspecified atom stereocenters. The molecule has 31 heavy (non-hydrogen) atoms. The second kappa shape index (κ2) is 9.07. The fraction of sp³-hybridized carbons (Fsp3) is 0.348. The first-order valence-corrected chi connectivity index (χ1v) is 10.3. The minimum absolute atomic E-state index is 0.0965. The quantitative estimate of drug-likeness (QED) is 0.660. The number of amides is 2. The first kappa shape index (κ1) is 20.7. The van der Waals surface area contributed by atoms with E-state index in [4.69, 9.17) is 9.15 Å². The Labute approximate surface area is 180 Å². The van der Waals surface area contributed by atoms with Crippen LogP contribution >= 0.6 is 0 Å². The highest BCUT2D eigenvalue weighted by atomic mass is 16.5. The highest BCUT2D eigenvalue weighted by molar-refractivity contribution is 5.92. The number of nitrogens with zero attached hydrogens (tertiary/aromatic N) is 3. The predicted octanol–water partition coefficient (Wildman–Crippen LogP) is 2.78. The third-order valence-electron chi connectivity index (χ3n) is 5.66. The Morgan fingerprint density at radius 2 is 2.06 bits per heavy atom. The molecule has 1 aliphatic heterocycles. The number of hydrogen-bond donors (Lipinski definition) is 1. The van der Waals surface area contributed by atoms with Gasteiger partial charge in [0, 0.05) is 32.5 Å². The molecule has 8 heteroatoms. The van der Waals surface area contributed by atoms with Gasteiger partial charge in [-0.1, -0.05) is 12.1 Å². The molecule has 8 nitrogen and oxygen atoms in total. The van der Waals surface area contributed by atoms with Crippen molar-refractivity contribution in [2.24, 2.45) is 13.0 Å². The van der Waals surface area contributed by atoms with Gasteiger partial charge < -0.3 is 23.9 Å². The predicted molar refractivity (Wildman–Crippen MR) is 114 cm³/mol. The van der Waals surface area contributed by atoms with Gasteiger partial charge in [-0.3, -0.25) is 9.59 Å². The maximum atomic E-state index is 13.2. The zero-order valence-corrected chi connectivity index (χ0v) is 17.7. The van der Waals surface area contributed by atoms with Crippen LogP contribution in [0.4, 0.5) is 0 Å². The van der Waals surface area contributed by atoms with E-state index in [0.29, 0.717) is 18.8 Å². The molecule has 0 saturated carbocycles. The van der Waals surface area contributed by atoms with E-state index in [9.17, 15) is 9.59 Å². The molecule has 3 heterocycles. The first-order valence-electron chi connectivity index (χ1n) is 10.3. The number of rotatable bonds is 6. The molecule has 1 saturated heterocycles. The Hall–Kier alpha value is -3.55. The molecule has 0 bridgehead atoms. The molecule has 2 atom stereocenters. The number of furan rings is 1. The zero-order valence-electron chi connectivity index (χ0n) is 17.7. The molecule has 162 valence electrons. The van der Waals surface area contributed by atoms with E-state index < -0.39 is 6.04 Å². The summed E-state index contributed by atoms with van der Waals surface area (Å²) < 4.78 is 12.4. The summed E-state index contributed by atoms with van der Waals surface area (Å²) in [5.41, 5.74) is 0.905. The second-order valence-electron chi connectivity index (χ2n) is 7.68. The molecule has 1 aliphatic rings. The number of carbonyl (C=O) groups is 2. The van der Waals surface area contributed by atoms with Crippen molar-refractivity contribution in [3.8, 4) is 5.75 Å². The van der Waals surface area contributed by atoms with Crippen molar-refractivity contribution in [3.63, 3.8) is 0 Å². The van der Waals surface area contributed by atoms with Gasteiger partial charge in [-0.25, -0.2) is 4.98 Å². The van der Waals surface area contributed by atoms with E-state index in [1.807, 2.05) is 42.1 Å². The summed E-state index contributed by atoms with van der Waals surface area (Å²) in [5, 5.41) is 3.15. The molecule has 0 spiro atoms. The van der Waals surface area contributed by atoms with Gasteiger partial charge in [-0.05, 0) is 42.7 Å². The maximum absolute atomic E-state index is 13.2. The van der Waals surface area contributed by atoms with Gasteiger partial charge in [0.15, 0.2) is 5.76 Å². The number of likely N-dealkylation sites (tertiary alicyclic amines) is 1. The van der Waals surface area contributed by atoms with Crippen molar-refractivity contribution in [3.05, 3.63) is 72.2 Å². The van der Waals surface area contributed by atoms with Gasteiger partial charge in [-0.2, -0.15) is 0 Å². The average molecular weight is 422 g/mol. The number of imidazole rings is 1. The Kier molecular flexibility index (Phi) is 6.06. The van der Waals surface area contributed by atoms with Crippen molar-refractivity contribution < 1.29 is 18.7 Å². The zero-order chi connectivity index (χ0) is 21.8. The van der Waals surface area contributed by atoms with E-state index in [2.05, 4.69) is 10.3 Å². The standard InChI is InChI=1S/C23H26N4O4/c1-26-13-11-24-21(26)20(16-7-9-18(30-2)10-8-16)25-22(28)17-5-3-12-27(15-17)23(29)19-6-4-14-31-19/h4,6-11,13-14,17,20H,3,5,12,15H2,1-2H3,(H,25,28)/t17-,20-/m0/s1. The lowest BCUT2D eigenvalue weighted by atomic mass is 9.95. The van der Waals surface area contributed by atoms with Gasteiger partial charge in [-0.15, -0.1) is 0 Å². The summed E-state index contributed by atoms with van der Waals surface area (Å²) in [6, 6.07) is 10.5. The Bertz CT molecular complexity index is 1030. The lowest BCUT2D eigenvalue weighted by molar-refractivity contribution is -0.126. The molecule has 0 radical (unpaired) electrons. The van der Waals surface area contributed by atoms with Crippen LogP contribution in [0.1, 0.15) is 40.8 Å². The van der Waals surface area contributed by atoms with Crippen LogP contribution in [0.15, 0.2) is 59.5 Å². The lowest BCUT2D eigenvalue weighted by Crippen LogP contribution is -2.46. The van der Waals surface area contributed by atoms with Crippen molar-refractivity contribution >= 4 is 11.8 Å². The van der Waals surface area contributed by atoms with Gasteiger partial charge in [0.05, 0.1) is 19.3 Å². The molecule has 2 aromatic heterocycles. The van der Waals surface area contributed by atoms with Crippen LogP contribution in [0.3, 0.4) is 0 Å². The number of benzene rings is 1. The summed E-state index contributed by atoms with van der Waals surface area (Å²) in [4.78, 5) is 32.0. The van der Waals surface area contributed by atoms with E-state index in [1.54, 1.807) is 30.3 Å². The normalized spacial score (nSPS) is 17.2. The average Bonchev–Trinajstić information content (AvgIpc) is 3.49. The van der Waals surface area contributed by atoms with Gasteiger partial charge in [0.1, 0.15) is 17.6 Å². The van der Waals surface area contributed by atoms with Crippen LogP contribution < -0.4 is 10.1 Å². The fourth-order valence-corrected chi connectivity index (χ4v) is 3.94. The fourth-order valence-electron chi connectivity index (χ4n) is 3.94. The summed E-state index contributed by atoms with van der Waals surface area (Å²) in [5.74, 6) is 1.20. The monoisotopic (exact) mass is 422 g/mol. The molecule has 1 fully saturated rings. The molecule has 1 N–H and O–H groups in total. The molecule has 0 aliphatic carbocycles. The molecular weight excluding hydrogens is 396 g/mol. The van der Waals surface area contributed by atoms with E-state index >= 15 is 0 Å². The highest BCUT2D eigenvalue weighted by Crippen LogP contribution is 2.25. The van der Waals surface area contributed by atoms with Crippen LogP contribution in [0.5, 0.6) is 5.75 Å². The number of piperidine rings is 1. The molecular formula is C23H26N4O4. The number of nitrogens with one attached hydrogen (secondary N) is 1. The molecule has 3 aromatic rings. The minimum Gasteiger partial charge on any atom is -0.497 e. The highest BCUT2D eigenvalue weighted by Gasteiger charge is 2.32. The SMILES string of the molecule is COc1ccc([C@H](NC(=O)[C@H]2CCCN(C(=O)c3ccco3)C2)c2nccn2C)cc1. The largest absolute Gasteiger partial charge is 0.497 e. The molecule has 1 aromatic carbocycles. The van der Waals surface area contributed by atoms with Gasteiger partial charge >= 0.3 is 0 Å². The Balaban J connectivity index is 1.51. The molecule has 2 amide bonds. The maximum Gasteiger partial charge on any atom is 0.289 e. The third-order valence-corrected chi connectivity index (χ3v) is 5.66. The van der Waals surface area contributed by atoms with Crippen molar-refractivity contribution in [2.45, 2.75) is 18.9 Å². The van der Waals surface area contributed by atoms with E-state index in [-0.39, 0.29) is 17.7 Å². The Morgan fingerprint density at radius 1 is 1.26 bits per heavy atom. The summed E-state index contributed by atoms with van der Waals surface area (Å²) >= 11 is 0. The van der Waals surface area contributed by atoms with Crippen LogP contribution in [-0.4, -0.2) is 46.5 Å².